The van der Waals surface area contributed by atoms with Crippen LogP contribution in [0.1, 0.15) is 52.9 Å². The smallest absolute Gasteiger partial charge is 0.410 e. The third kappa shape index (κ3) is 6.97. The Morgan fingerprint density at radius 2 is 1.95 bits per heavy atom. The molecule has 5 heteroatoms. The molecule has 0 aromatic carbocycles. The Balaban J connectivity index is 1.60. The van der Waals surface area contributed by atoms with E-state index in [9.17, 15) is 4.79 Å². The van der Waals surface area contributed by atoms with E-state index in [1.165, 1.54) is 12.8 Å². The monoisotopic (exact) mass is 312 g/mol. The molecule has 22 heavy (non-hydrogen) atoms. The molecular weight excluding hydrogens is 280 g/mol. The van der Waals surface area contributed by atoms with Crippen molar-refractivity contribution in [2.45, 2.75) is 64.5 Å². The molecule has 1 aliphatic carbocycles. The van der Waals surface area contributed by atoms with Crippen LogP contribution in [-0.2, 0) is 9.47 Å². The molecule has 1 saturated heterocycles. The molecule has 0 spiro atoms. The van der Waals surface area contributed by atoms with Crippen molar-refractivity contribution < 1.29 is 14.3 Å². The van der Waals surface area contributed by atoms with Crippen LogP contribution in [0, 0.1) is 5.92 Å². The van der Waals surface area contributed by atoms with Gasteiger partial charge in [0.1, 0.15) is 5.60 Å². The number of likely N-dealkylation sites (tertiary alicyclic amines) is 1. The number of hydrogen-bond donors (Lipinski definition) is 1. The van der Waals surface area contributed by atoms with Gasteiger partial charge in [0.15, 0.2) is 0 Å². The van der Waals surface area contributed by atoms with Crippen LogP contribution in [-0.4, -0.2) is 55.5 Å². The van der Waals surface area contributed by atoms with Crippen LogP contribution >= 0.6 is 0 Å². The van der Waals surface area contributed by atoms with Gasteiger partial charge in [0.25, 0.3) is 0 Å². The zero-order chi connectivity index (χ0) is 16.0. The SMILES string of the molecule is CC(C)(C)OC(=O)N1CCCC(NCCOCC2CC2)CC1. The van der Waals surface area contributed by atoms with E-state index in [1.807, 2.05) is 25.7 Å². The van der Waals surface area contributed by atoms with E-state index >= 15 is 0 Å². The minimum atomic E-state index is -0.417. The fourth-order valence-electron chi connectivity index (χ4n) is 2.68. The van der Waals surface area contributed by atoms with Crippen molar-refractivity contribution in [3.8, 4) is 0 Å². The molecule has 0 radical (unpaired) electrons. The summed E-state index contributed by atoms with van der Waals surface area (Å²) >= 11 is 0. The molecule has 128 valence electrons. The highest BCUT2D eigenvalue weighted by Crippen LogP contribution is 2.28. The predicted molar refractivity (Wildman–Crippen MR) is 87.0 cm³/mol. The highest BCUT2D eigenvalue weighted by Gasteiger charge is 2.25. The molecular formula is C17H32N2O3. The standard InChI is InChI=1S/C17H32N2O3/c1-17(2,3)22-16(20)19-10-4-5-15(8-11-19)18-9-12-21-13-14-6-7-14/h14-15,18H,4-13H2,1-3H3. The molecule has 0 bridgehead atoms. The number of carbonyl (C=O) groups is 1. The Morgan fingerprint density at radius 3 is 2.64 bits per heavy atom. The lowest BCUT2D eigenvalue weighted by Crippen LogP contribution is -2.38. The van der Waals surface area contributed by atoms with E-state index in [0.29, 0.717) is 6.04 Å². The summed E-state index contributed by atoms with van der Waals surface area (Å²) in [6.07, 6.45) is 5.64. The molecule has 1 amide bonds. The van der Waals surface area contributed by atoms with Gasteiger partial charge >= 0.3 is 6.09 Å². The molecule has 1 heterocycles. The van der Waals surface area contributed by atoms with Gasteiger partial charge in [-0.1, -0.05) is 0 Å². The molecule has 0 aromatic heterocycles. The Bertz CT molecular complexity index is 350. The fourth-order valence-corrected chi connectivity index (χ4v) is 2.68. The van der Waals surface area contributed by atoms with Crippen molar-refractivity contribution >= 4 is 6.09 Å². The second-order valence-corrected chi connectivity index (χ2v) is 7.57. The van der Waals surface area contributed by atoms with Gasteiger partial charge in [-0.15, -0.1) is 0 Å². The summed E-state index contributed by atoms with van der Waals surface area (Å²) in [5.41, 5.74) is -0.417. The van der Waals surface area contributed by atoms with Gasteiger partial charge < -0.3 is 19.7 Å². The first-order valence-corrected chi connectivity index (χ1v) is 8.73. The maximum absolute atomic E-state index is 12.1. The van der Waals surface area contributed by atoms with Crippen LogP contribution < -0.4 is 5.32 Å². The van der Waals surface area contributed by atoms with E-state index in [0.717, 1.165) is 58.0 Å². The largest absolute Gasteiger partial charge is 0.444 e. The van der Waals surface area contributed by atoms with Gasteiger partial charge in [0, 0.05) is 32.3 Å². The zero-order valence-corrected chi connectivity index (χ0v) is 14.4. The number of hydrogen-bond acceptors (Lipinski definition) is 4. The number of nitrogens with zero attached hydrogens (tertiary/aromatic N) is 1. The highest BCUT2D eigenvalue weighted by atomic mass is 16.6. The minimum Gasteiger partial charge on any atom is -0.444 e. The van der Waals surface area contributed by atoms with E-state index < -0.39 is 5.60 Å². The average Bonchev–Trinajstić information content (AvgIpc) is 3.22. The van der Waals surface area contributed by atoms with E-state index in [1.54, 1.807) is 0 Å². The number of rotatable bonds is 6. The maximum Gasteiger partial charge on any atom is 0.410 e. The topological polar surface area (TPSA) is 50.8 Å². The van der Waals surface area contributed by atoms with Gasteiger partial charge in [0.2, 0.25) is 0 Å². The Kier molecular flexibility index (Phi) is 6.50. The first-order chi connectivity index (χ1) is 10.4. The first kappa shape index (κ1) is 17.5. The summed E-state index contributed by atoms with van der Waals surface area (Å²) in [6.45, 7) is 9.93. The molecule has 2 aliphatic rings. The predicted octanol–water partition coefficient (Wildman–Crippen LogP) is 2.79. The van der Waals surface area contributed by atoms with Crippen molar-refractivity contribution in [1.82, 2.24) is 10.2 Å². The number of ether oxygens (including phenoxy) is 2. The second kappa shape index (κ2) is 8.16. The number of nitrogens with one attached hydrogen (secondary N) is 1. The lowest BCUT2D eigenvalue weighted by atomic mass is 10.1. The van der Waals surface area contributed by atoms with Crippen LogP contribution in [0.15, 0.2) is 0 Å². The molecule has 5 nitrogen and oxygen atoms in total. The summed E-state index contributed by atoms with van der Waals surface area (Å²) in [6, 6.07) is 0.483. The minimum absolute atomic E-state index is 0.180. The van der Waals surface area contributed by atoms with Gasteiger partial charge in [0.05, 0.1) is 6.61 Å². The maximum atomic E-state index is 12.1. The van der Waals surface area contributed by atoms with E-state index in [4.69, 9.17) is 9.47 Å². The third-order valence-electron chi connectivity index (χ3n) is 4.11. The summed E-state index contributed by atoms with van der Waals surface area (Å²) in [4.78, 5) is 13.9. The summed E-state index contributed by atoms with van der Waals surface area (Å²) in [5.74, 6) is 0.834. The van der Waals surface area contributed by atoms with Crippen molar-refractivity contribution in [3.63, 3.8) is 0 Å². The van der Waals surface area contributed by atoms with Gasteiger partial charge in [-0.2, -0.15) is 0 Å². The molecule has 2 rings (SSSR count). The normalized spacial score (nSPS) is 23.2. The third-order valence-corrected chi connectivity index (χ3v) is 4.11. The van der Waals surface area contributed by atoms with Gasteiger partial charge in [-0.25, -0.2) is 4.79 Å². The van der Waals surface area contributed by atoms with Crippen LogP contribution in [0.4, 0.5) is 4.79 Å². The molecule has 1 N–H and O–H groups in total. The lowest BCUT2D eigenvalue weighted by Gasteiger charge is -2.26. The molecule has 0 aromatic rings. The van der Waals surface area contributed by atoms with Crippen molar-refractivity contribution in [2.75, 3.05) is 32.8 Å². The number of amides is 1. The molecule has 1 saturated carbocycles. The highest BCUT2D eigenvalue weighted by molar-refractivity contribution is 5.68. The molecule has 1 unspecified atom stereocenters. The first-order valence-electron chi connectivity index (χ1n) is 8.73. The van der Waals surface area contributed by atoms with E-state index in [2.05, 4.69) is 5.32 Å². The molecule has 2 fully saturated rings. The van der Waals surface area contributed by atoms with Crippen LogP contribution in [0.5, 0.6) is 0 Å². The van der Waals surface area contributed by atoms with Gasteiger partial charge in [-0.05, 0) is 58.8 Å². The van der Waals surface area contributed by atoms with Crippen molar-refractivity contribution in [1.29, 1.82) is 0 Å². The zero-order valence-electron chi connectivity index (χ0n) is 14.4. The fraction of sp³-hybridized carbons (Fsp3) is 0.941. The van der Waals surface area contributed by atoms with Crippen molar-refractivity contribution in [2.24, 2.45) is 5.92 Å². The van der Waals surface area contributed by atoms with Gasteiger partial charge in [-0.3, -0.25) is 0 Å². The molecule has 1 aliphatic heterocycles. The second-order valence-electron chi connectivity index (χ2n) is 7.57. The van der Waals surface area contributed by atoms with Crippen LogP contribution in [0.2, 0.25) is 0 Å². The van der Waals surface area contributed by atoms with Crippen LogP contribution in [0.3, 0.4) is 0 Å². The lowest BCUT2D eigenvalue weighted by molar-refractivity contribution is 0.0256. The van der Waals surface area contributed by atoms with E-state index in [-0.39, 0.29) is 6.09 Å². The average molecular weight is 312 g/mol. The number of carbonyl (C=O) groups excluding carboxylic acids is 1. The molecule has 1 atom stereocenters. The van der Waals surface area contributed by atoms with Crippen LogP contribution in [0.25, 0.3) is 0 Å². The summed E-state index contributed by atoms with van der Waals surface area (Å²) in [7, 11) is 0. The quantitative estimate of drug-likeness (QED) is 0.766. The summed E-state index contributed by atoms with van der Waals surface area (Å²) in [5, 5.41) is 3.56. The Labute approximate surface area is 134 Å². The Hall–Kier alpha value is -0.810. The van der Waals surface area contributed by atoms with Crippen molar-refractivity contribution in [3.05, 3.63) is 0 Å². The Morgan fingerprint density at radius 1 is 1.18 bits per heavy atom. The summed E-state index contributed by atoms with van der Waals surface area (Å²) < 4.78 is 11.1.